The summed E-state index contributed by atoms with van der Waals surface area (Å²) in [6, 6.07) is 10.1. The van der Waals surface area contributed by atoms with Gasteiger partial charge < -0.3 is 24.8 Å². The zero-order valence-electron chi connectivity index (χ0n) is 12.6. The molecule has 0 aliphatic carbocycles. The minimum Gasteiger partial charge on any atom is -0.504 e. The molecule has 0 spiro atoms. The third kappa shape index (κ3) is 3.43. The molecular weight excluding hydrogens is 284 g/mol. The van der Waals surface area contributed by atoms with Gasteiger partial charge in [0.05, 0.1) is 20.8 Å². The van der Waals surface area contributed by atoms with Crippen molar-refractivity contribution in [1.82, 2.24) is 0 Å². The number of aliphatic hydroxyl groups excluding tert-OH is 1. The first kappa shape index (κ1) is 16.0. The average molecular weight is 304 g/mol. The molecular formula is C17H20O5. The van der Waals surface area contributed by atoms with Crippen LogP contribution in [-0.2, 0) is 6.42 Å². The van der Waals surface area contributed by atoms with E-state index in [9.17, 15) is 15.3 Å². The fourth-order valence-corrected chi connectivity index (χ4v) is 2.37. The summed E-state index contributed by atoms with van der Waals surface area (Å²) in [7, 11) is 2.98. The summed E-state index contributed by atoms with van der Waals surface area (Å²) in [5.74, 6) is 0.771. The monoisotopic (exact) mass is 304 g/mol. The third-order valence-electron chi connectivity index (χ3n) is 3.62. The van der Waals surface area contributed by atoms with Crippen LogP contribution in [0.2, 0.25) is 0 Å². The van der Waals surface area contributed by atoms with Gasteiger partial charge in [0.2, 0.25) is 0 Å². The summed E-state index contributed by atoms with van der Waals surface area (Å²) in [5, 5.41) is 28.9. The standard InChI is InChI=1S/C17H20O5/c1-21-16-8-11(3-5-14(16)19)7-13(10-18)12-4-6-15(20)17(9-12)22-2/h3-6,8-9,13,18-20H,7,10H2,1-2H3/t13-/m1/s1. The molecule has 0 amide bonds. The summed E-state index contributed by atoms with van der Waals surface area (Å²) in [6.45, 7) is -0.0445. The molecule has 0 fully saturated rings. The maximum Gasteiger partial charge on any atom is 0.160 e. The summed E-state index contributed by atoms with van der Waals surface area (Å²) >= 11 is 0. The minimum atomic E-state index is -0.149. The van der Waals surface area contributed by atoms with Crippen molar-refractivity contribution in [3.8, 4) is 23.0 Å². The largest absolute Gasteiger partial charge is 0.504 e. The Labute approximate surface area is 129 Å². The Morgan fingerprint density at radius 3 is 2.09 bits per heavy atom. The molecule has 0 unspecified atom stereocenters. The lowest BCUT2D eigenvalue weighted by molar-refractivity contribution is 0.264. The highest BCUT2D eigenvalue weighted by atomic mass is 16.5. The predicted molar refractivity (Wildman–Crippen MR) is 82.8 cm³/mol. The number of benzene rings is 2. The molecule has 2 rings (SSSR count). The molecule has 22 heavy (non-hydrogen) atoms. The van der Waals surface area contributed by atoms with Crippen molar-refractivity contribution in [3.63, 3.8) is 0 Å². The van der Waals surface area contributed by atoms with E-state index in [-0.39, 0.29) is 24.0 Å². The zero-order valence-corrected chi connectivity index (χ0v) is 12.6. The second-order valence-corrected chi connectivity index (χ2v) is 5.02. The SMILES string of the molecule is COc1cc(C[C@H](CO)c2ccc(O)c(OC)c2)ccc1O. The van der Waals surface area contributed by atoms with Crippen molar-refractivity contribution in [3.05, 3.63) is 47.5 Å². The van der Waals surface area contributed by atoms with Crippen LogP contribution in [-0.4, -0.2) is 36.1 Å². The van der Waals surface area contributed by atoms with E-state index in [4.69, 9.17) is 9.47 Å². The van der Waals surface area contributed by atoms with Gasteiger partial charge in [0.15, 0.2) is 23.0 Å². The molecule has 1 atom stereocenters. The van der Waals surface area contributed by atoms with E-state index in [0.717, 1.165) is 11.1 Å². The fraction of sp³-hybridized carbons (Fsp3) is 0.294. The number of rotatable bonds is 6. The number of aliphatic hydroxyl groups is 1. The van der Waals surface area contributed by atoms with Crippen LogP contribution in [0.5, 0.6) is 23.0 Å². The Hall–Kier alpha value is -2.40. The molecule has 0 aliphatic heterocycles. The molecule has 2 aromatic carbocycles. The van der Waals surface area contributed by atoms with Gasteiger partial charge in [-0.25, -0.2) is 0 Å². The van der Waals surface area contributed by atoms with Gasteiger partial charge >= 0.3 is 0 Å². The molecule has 5 heteroatoms. The summed E-state index contributed by atoms with van der Waals surface area (Å²) < 4.78 is 10.2. The van der Waals surface area contributed by atoms with E-state index in [1.54, 1.807) is 36.4 Å². The van der Waals surface area contributed by atoms with Crippen molar-refractivity contribution in [2.24, 2.45) is 0 Å². The quantitative estimate of drug-likeness (QED) is 0.764. The zero-order chi connectivity index (χ0) is 16.1. The van der Waals surface area contributed by atoms with Crippen molar-refractivity contribution in [1.29, 1.82) is 0 Å². The highest BCUT2D eigenvalue weighted by molar-refractivity contribution is 5.45. The highest BCUT2D eigenvalue weighted by Gasteiger charge is 2.15. The van der Waals surface area contributed by atoms with Crippen LogP contribution < -0.4 is 9.47 Å². The summed E-state index contributed by atoms with van der Waals surface area (Å²) in [5.41, 5.74) is 1.80. The first-order chi connectivity index (χ1) is 10.6. The normalized spacial score (nSPS) is 12.0. The van der Waals surface area contributed by atoms with Gasteiger partial charge in [0.1, 0.15) is 0 Å². The van der Waals surface area contributed by atoms with E-state index < -0.39 is 0 Å². The van der Waals surface area contributed by atoms with Gasteiger partial charge in [0.25, 0.3) is 0 Å². The van der Waals surface area contributed by atoms with Crippen molar-refractivity contribution in [2.45, 2.75) is 12.3 Å². The van der Waals surface area contributed by atoms with Gasteiger partial charge in [-0.1, -0.05) is 12.1 Å². The highest BCUT2D eigenvalue weighted by Crippen LogP contribution is 2.32. The summed E-state index contributed by atoms with van der Waals surface area (Å²) in [4.78, 5) is 0. The van der Waals surface area contributed by atoms with E-state index in [1.165, 1.54) is 14.2 Å². The van der Waals surface area contributed by atoms with Crippen LogP contribution in [0, 0.1) is 0 Å². The Morgan fingerprint density at radius 1 is 0.909 bits per heavy atom. The number of hydrogen-bond donors (Lipinski definition) is 3. The maximum absolute atomic E-state index is 9.67. The first-order valence-electron chi connectivity index (χ1n) is 6.92. The van der Waals surface area contributed by atoms with Crippen LogP contribution in [0.1, 0.15) is 17.0 Å². The van der Waals surface area contributed by atoms with Crippen molar-refractivity contribution in [2.75, 3.05) is 20.8 Å². The molecule has 0 saturated heterocycles. The lowest BCUT2D eigenvalue weighted by atomic mass is 9.92. The maximum atomic E-state index is 9.67. The molecule has 2 aromatic rings. The molecule has 0 bridgehead atoms. The van der Waals surface area contributed by atoms with E-state index in [2.05, 4.69) is 0 Å². The van der Waals surface area contributed by atoms with Gasteiger partial charge in [-0.05, 0) is 41.8 Å². The average Bonchev–Trinajstić information content (AvgIpc) is 2.54. The topological polar surface area (TPSA) is 79.2 Å². The van der Waals surface area contributed by atoms with Gasteiger partial charge in [-0.15, -0.1) is 0 Å². The predicted octanol–water partition coefficient (Wildman–Crippen LogP) is 2.43. The van der Waals surface area contributed by atoms with Gasteiger partial charge in [-0.3, -0.25) is 0 Å². The van der Waals surface area contributed by atoms with Gasteiger partial charge in [0, 0.05) is 5.92 Å². The molecule has 0 saturated carbocycles. The minimum absolute atomic E-state index is 0.0445. The first-order valence-corrected chi connectivity index (χ1v) is 6.92. The molecule has 0 aromatic heterocycles. The second kappa shape index (κ2) is 7.04. The molecule has 5 nitrogen and oxygen atoms in total. The lowest BCUT2D eigenvalue weighted by Gasteiger charge is -2.17. The molecule has 3 N–H and O–H groups in total. The number of hydrogen-bond acceptors (Lipinski definition) is 5. The van der Waals surface area contributed by atoms with Crippen LogP contribution in [0.3, 0.4) is 0 Å². The number of phenolic OH excluding ortho intramolecular Hbond substituents is 2. The van der Waals surface area contributed by atoms with Crippen LogP contribution in [0.15, 0.2) is 36.4 Å². The Balaban J connectivity index is 2.25. The number of methoxy groups -OCH3 is 2. The summed E-state index contributed by atoms with van der Waals surface area (Å²) in [6.07, 6.45) is 0.571. The Bertz CT molecular complexity index is 639. The van der Waals surface area contributed by atoms with E-state index in [1.807, 2.05) is 0 Å². The van der Waals surface area contributed by atoms with Crippen molar-refractivity contribution >= 4 is 0 Å². The second-order valence-electron chi connectivity index (χ2n) is 5.02. The Kier molecular flexibility index (Phi) is 5.12. The molecule has 0 aliphatic rings. The third-order valence-corrected chi connectivity index (χ3v) is 3.62. The lowest BCUT2D eigenvalue weighted by Crippen LogP contribution is -2.08. The van der Waals surface area contributed by atoms with Crippen LogP contribution in [0.25, 0.3) is 0 Å². The molecule has 0 heterocycles. The van der Waals surface area contributed by atoms with Crippen molar-refractivity contribution < 1.29 is 24.8 Å². The number of aromatic hydroxyl groups is 2. The van der Waals surface area contributed by atoms with E-state index >= 15 is 0 Å². The van der Waals surface area contributed by atoms with E-state index in [0.29, 0.717) is 17.9 Å². The van der Waals surface area contributed by atoms with Crippen LogP contribution >= 0.6 is 0 Å². The molecule has 0 radical (unpaired) electrons. The Morgan fingerprint density at radius 2 is 1.50 bits per heavy atom. The fourth-order valence-electron chi connectivity index (χ4n) is 2.37. The number of ether oxygens (including phenoxy) is 2. The number of phenols is 2. The van der Waals surface area contributed by atoms with Crippen LogP contribution in [0.4, 0.5) is 0 Å². The smallest absolute Gasteiger partial charge is 0.160 e. The molecule has 118 valence electrons. The van der Waals surface area contributed by atoms with Gasteiger partial charge in [-0.2, -0.15) is 0 Å².